The fourth-order valence-corrected chi connectivity index (χ4v) is 5.16. The Labute approximate surface area is 166 Å². The summed E-state index contributed by atoms with van der Waals surface area (Å²) in [5.41, 5.74) is 5.68. The van der Waals surface area contributed by atoms with Crippen molar-refractivity contribution in [1.29, 1.82) is 0 Å². The molecule has 2 aromatic rings. The highest BCUT2D eigenvalue weighted by molar-refractivity contribution is 5.94. The first-order chi connectivity index (χ1) is 13.6. The molecular weight excluding hydrogens is 352 g/mol. The topological polar surface area (TPSA) is 68.4 Å². The van der Waals surface area contributed by atoms with Gasteiger partial charge in [-0.3, -0.25) is 9.69 Å². The fraction of sp³-hybridized carbons (Fsp3) is 0.545. The first kappa shape index (κ1) is 19.0. The SMILES string of the molecule is CCN(CC)C(=O)NCN1CCCC2c3cc(C=O)cc4[nH]c(C)c(c34)C[C@H]21. The number of fused-ring (bicyclic) bond motifs is 2. The Hall–Kier alpha value is -2.34. The number of aromatic amines is 1. The molecule has 0 radical (unpaired) electrons. The van der Waals surface area contributed by atoms with Crippen LogP contribution in [0.5, 0.6) is 0 Å². The highest BCUT2D eigenvalue weighted by Crippen LogP contribution is 2.44. The minimum absolute atomic E-state index is 0.00629. The lowest BCUT2D eigenvalue weighted by Gasteiger charge is -2.44. The first-order valence-electron chi connectivity index (χ1n) is 10.4. The van der Waals surface area contributed by atoms with Gasteiger partial charge < -0.3 is 15.2 Å². The predicted molar refractivity (Wildman–Crippen MR) is 111 cm³/mol. The standard InChI is InChI=1S/C22H30N4O2/c1-4-25(5-2)22(28)23-13-26-8-6-7-16-18-9-15(12-27)10-19-21(18)17(11-20(16)26)14(3)24-19/h9-10,12,16,20,24H,4-8,11,13H2,1-3H3,(H,23,28)/t16?,20-/m1/s1. The number of aromatic nitrogens is 1. The Balaban J connectivity index is 1.62. The minimum Gasteiger partial charge on any atom is -0.358 e. The third-order valence-corrected chi connectivity index (χ3v) is 6.59. The van der Waals surface area contributed by atoms with Gasteiger partial charge in [-0.05, 0) is 63.3 Å². The van der Waals surface area contributed by atoms with Crippen LogP contribution in [-0.2, 0) is 6.42 Å². The van der Waals surface area contributed by atoms with E-state index in [1.807, 2.05) is 24.8 Å². The van der Waals surface area contributed by atoms with Crippen LogP contribution >= 0.6 is 0 Å². The van der Waals surface area contributed by atoms with Crippen molar-refractivity contribution < 1.29 is 9.59 Å². The highest BCUT2D eigenvalue weighted by Gasteiger charge is 2.38. The number of likely N-dealkylation sites (tertiary alicyclic amines) is 1. The summed E-state index contributed by atoms with van der Waals surface area (Å²) in [4.78, 5) is 31.6. The van der Waals surface area contributed by atoms with Crippen molar-refractivity contribution in [3.8, 4) is 0 Å². The summed E-state index contributed by atoms with van der Waals surface area (Å²) >= 11 is 0. The van der Waals surface area contributed by atoms with Crippen LogP contribution in [0.15, 0.2) is 12.1 Å². The zero-order valence-corrected chi connectivity index (χ0v) is 17.0. The molecular formula is C22H30N4O2. The molecule has 1 aromatic carbocycles. The summed E-state index contributed by atoms with van der Waals surface area (Å²) in [6.45, 7) is 9.13. The van der Waals surface area contributed by atoms with Crippen molar-refractivity contribution >= 4 is 23.2 Å². The van der Waals surface area contributed by atoms with Gasteiger partial charge in [0.2, 0.25) is 0 Å². The van der Waals surface area contributed by atoms with Crippen molar-refractivity contribution in [2.24, 2.45) is 0 Å². The number of carbonyl (C=O) groups is 2. The molecule has 4 rings (SSSR count). The van der Waals surface area contributed by atoms with Gasteiger partial charge >= 0.3 is 6.03 Å². The first-order valence-corrected chi connectivity index (χ1v) is 10.4. The number of hydrogen-bond donors (Lipinski definition) is 2. The molecule has 1 saturated heterocycles. The minimum atomic E-state index is 0.00629. The number of aldehydes is 1. The maximum Gasteiger partial charge on any atom is 0.318 e. The Morgan fingerprint density at radius 1 is 1.36 bits per heavy atom. The molecule has 1 aromatic heterocycles. The van der Waals surface area contributed by atoms with E-state index < -0.39 is 0 Å². The zero-order valence-electron chi connectivity index (χ0n) is 17.0. The number of nitrogens with zero attached hydrogens (tertiary/aromatic N) is 2. The second-order valence-electron chi connectivity index (χ2n) is 8.02. The molecule has 2 aliphatic rings. The van der Waals surface area contributed by atoms with E-state index >= 15 is 0 Å². The predicted octanol–water partition coefficient (Wildman–Crippen LogP) is 3.40. The number of H-pyrrole nitrogens is 1. The molecule has 0 spiro atoms. The summed E-state index contributed by atoms with van der Waals surface area (Å²) in [5, 5.41) is 4.43. The lowest BCUT2D eigenvalue weighted by Crippen LogP contribution is -2.53. The third kappa shape index (κ3) is 3.09. The Morgan fingerprint density at radius 2 is 2.14 bits per heavy atom. The van der Waals surface area contributed by atoms with Gasteiger partial charge in [-0.1, -0.05) is 0 Å². The molecule has 2 heterocycles. The second-order valence-corrected chi connectivity index (χ2v) is 8.02. The summed E-state index contributed by atoms with van der Waals surface area (Å²) in [7, 11) is 0. The van der Waals surface area contributed by atoms with Crippen molar-refractivity contribution in [2.45, 2.75) is 52.0 Å². The smallest absolute Gasteiger partial charge is 0.318 e. The van der Waals surface area contributed by atoms with Gasteiger partial charge in [0, 0.05) is 53.8 Å². The van der Waals surface area contributed by atoms with Crippen LogP contribution in [0.1, 0.15) is 59.8 Å². The third-order valence-electron chi connectivity index (χ3n) is 6.59. The van der Waals surface area contributed by atoms with Crippen LogP contribution < -0.4 is 5.32 Å². The molecule has 1 aliphatic carbocycles. The number of hydrogen-bond acceptors (Lipinski definition) is 3. The van der Waals surface area contributed by atoms with Gasteiger partial charge in [0.1, 0.15) is 6.29 Å². The number of nitrogens with one attached hydrogen (secondary N) is 2. The van der Waals surface area contributed by atoms with Crippen molar-refractivity contribution in [3.63, 3.8) is 0 Å². The van der Waals surface area contributed by atoms with Crippen molar-refractivity contribution in [3.05, 3.63) is 34.5 Å². The molecule has 2 amide bonds. The number of aryl methyl sites for hydroxylation is 1. The number of benzene rings is 1. The molecule has 6 heteroatoms. The van der Waals surface area contributed by atoms with Crippen LogP contribution in [0.2, 0.25) is 0 Å². The van der Waals surface area contributed by atoms with E-state index in [4.69, 9.17) is 0 Å². The Kier molecular flexibility index (Phi) is 5.15. The Bertz CT molecular complexity index is 900. The van der Waals surface area contributed by atoms with E-state index in [0.717, 1.165) is 56.3 Å². The zero-order chi connectivity index (χ0) is 19.8. The number of rotatable bonds is 5. The van der Waals surface area contributed by atoms with Crippen LogP contribution in [0.25, 0.3) is 10.9 Å². The van der Waals surface area contributed by atoms with E-state index in [0.29, 0.717) is 18.6 Å². The van der Waals surface area contributed by atoms with Crippen LogP contribution in [-0.4, -0.2) is 59.4 Å². The quantitative estimate of drug-likeness (QED) is 0.779. The van der Waals surface area contributed by atoms with E-state index in [2.05, 4.69) is 28.2 Å². The summed E-state index contributed by atoms with van der Waals surface area (Å²) in [6.07, 6.45) is 4.17. The monoisotopic (exact) mass is 382 g/mol. The summed E-state index contributed by atoms with van der Waals surface area (Å²) in [5.74, 6) is 0.407. The molecule has 1 unspecified atom stereocenters. The average Bonchev–Trinajstić information content (AvgIpc) is 3.03. The molecule has 2 N–H and O–H groups in total. The number of piperidine rings is 1. The lowest BCUT2D eigenvalue weighted by molar-refractivity contribution is 0.110. The molecule has 0 bridgehead atoms. The summed E-state index contributed by atoms with van der Waals surface area (Å²) < 4.78 is 0. The van der Waals surface area contributed by atoms with E-state index in [9.17, 15) is 9.59 Å². The van der Waals surface area contributed by atoms with Crippen LogP contribution in [0, 0.1) is 6.92 Å². The Morgan fingerprint density at radius 3 is 2.86 bits per heavy atom. The maximum absolute atomic E-state index is 12.4. The molecule has 0 saturated carbocycles. The highest BCUT2D eigenvalue weighted by atomic mass is 16.2. The molecule has 2 atom stereocenters. The van der Waals surface area contributed by atoms with Crippen LogP contribution in [0.4, 0.5) is 4.79 Å². The van der Waals surface area contributed by atoms with Gasteiger partial charge in [0.05, 0.1) is 6.67 Å². The number of amides is 2. The molecule has 1 aliphatic heterocycles. The van der Waals surface area contributed by atoms with Gasteiger partial charge in [0.25, 0.3) is 0 Å². The molecule has 150 valence electrons. The maximum atomic E-state index is 12.4. The van der Waals surface area contributed by atoms with Crippen LogP contribution in [0.3, 0.4) is 0 Å². The molecule has 1 fully saturated rings. The lowest BCUT2D eigenvalue weighted by atomic mass is 9.74. The van der Waals surface area contributed by atoms with E-state index in [-0.39, 0.29) is 6.03 Å². The molecule has 28 heavy (non-hydrogen) atoms. The summed E-state index contributed by atoms with van der Waals surface area (Å²) in [6, 6.07) is 4.42. The number of carbonyl (C=O) groups excluding carboxylic acids is 2. The van der Waals surface area contributed by atoms with Gasteiger partial charge in [0.15, 0.2) is 0 Å². The van der Waals surface area contributed by atoms with Gasteiger partial charge in [-0.2, -0.15) is 0 Å². The van der Waals surface area contributed by atoms with Crippen molar-refractivity contribution in [1.82, 2.24) is 20.1 Å². The molecule has 6 nitrogen and oxygen atoms in total. The van der Waals surface area contributed by atoms with E-state index in [1.54, 1.807) is 0 Å². The van der Waals surface area contributed by atoms with Gasteiger partial charge in [-0.25, -0.2) is 4.79 Å². The fourth-order valence-electron chi connectivity index (χ4n) is 5.16. The normalized spacial score (nSPS) is 21.4. The number of urea groups is 1. The van der Waals surface area contributed by atoms with Gasteiger partial charge in [-0.15, -0.1) is 0 Å². The van der Waals surface area contributed by atoms with Crippen molar-refractivity contribution in [2.75, 3.05) is 26.3 Å². The second kappa shape index (κ2) is 7.59. The van der Waals surface area contributed by atoms with E-state index in [1.165, 1.54) is 22.2 Å². The largest absolute Gasteiger partial charge is 0.358 e. The average molecular weight is 383 g/mol.